The number of carbonyl (C=O) groups is 1. The molecule has 1 aromatic carbocycles. The molecule has 1 fully saturated rings. The minimum absolute atomic E-state index is 0.0838. The van der Waals surface area contributed by atoms with Gasteiger partial charge in [-0.15, -0.1) is 10.2 Å². The maximum absolute atomic E-state index is 12.4. The summed E-state index contributed by atoms with van der Waals surface area (Å²) in [6, 6.07) is 6.26. The summed E-state index contributed by atoms with van der Waals surface area (Å²) in [7, 11) is 0. The third kappa shape index (κ3) is 3.11. The Labute approximate surface area is 163 Å². The maximum atomic E-state index is 12.4. The first kappa shape index (κ1) is 17.5. The molecular weight excluding hydrogens is 358 g/mol. The van der Waals surface area contributed by atoms with Gasteiger partial charge < -0.3 is 19.4 Å². The van der Waals surface area contributed by atoms with E-state index >= 15 is 0 Å². The van der Waals surface area contributed by atoms with Crippen LogP contribution in [0.25, 0.3) is 0 Å². The van der Waals surface area contributed by atoms with E-state index in [1.54, 1.807) is 0 Å². The Balaban J connectivity index is 1.27. The summed E-state index contributed by atoms with van der Waals surface area (Å²) in [5.41, 5.74) is 1.24. The summed E-state index contributed by atoms with van der Waals surface area (Å²) >= 11 is 0. The zero-order valence-corrected chi connectivity index (χ0v) is 16.2. The van der Waals surface area contributed by atoms with E-state index in [1.807, 2.05) is 24.5 Å². The Hall–Kier alpha value is -2.61. The number of likely N-dealkylation sites (tertiary alicyclic amines) is 1. The molecule has 1 saturated heterocycles. The Morgan fingerprint density at radius 1 is 1.18 bits per heavy atom. The number of ether oxygens (including phenoxy) is 2. The highest BCUT2D eigenvalue weighted by Crippen LogP contribution is 2.35. The SMILES string of the molecule is CC(C)NC(=O)c1nnc2n1C[C@H]1CN(Cc3ccc4c(c3)OCO4)C[C@H]1C2. The van der Waals surface area contributed by atoms with Gasteiger partial charge in [-0.25, -0.2) is 0 Å². The number of hydrogen-bond acceptors (Lipinski definition) is 6. The smallest absolute Gasteiger partial charge is 0.289 e. The summed E-state index contributed by atoms with van der Waals surface area (Å²) in [5.74, 6) is 3.97. The molecule has 2 atom stereocenters. The zero-order chi connectivity index (χ0) is 19.3. The minimum Gasteiger partial charge on any atom is -0.454 e. The van der Waals surface area contributed by atoms with Gasteiger partial charge in [-0.2, -0.15) is 0 Å². The molecule has 0 bridgehead atoms. The number of hydrogen-bond donors (Lipinski definition) is 1. The number of fused-ring (bicyclic) bond motifs is 3. The van der Waals surface area contributed by atoms with Crippen LogP contribution in [0.15, 0.2) is 18.2 Å². The Morgan fingerprint density at radius 2 is 2.00 bits per heavy atom. The highest BCUT2D eigenvalue weighted by molar-refractivity contribution is 5.90. The van der Waals surface area contributed by atoms with Crippen molar-refractivity contribution in [3.05, 3.63) is 35.4 Å². The van der Waals surface area contributed by atoms with E-state index < -0.39 is 0 Å². The van der Waals surface area contributed by atoms with E-state index in [0.29, 0.717) is 24.5 Å². The fraction of sp³-hybridized carbons (Fsp3) is 0.550. The molecule has 3 aliphatic rings. The second kappa shape index (κ2) is 6.77. The Morgan fingerprint density at radius 3 is 2.86 bits per heavy atom. The Kier molecular flexibility index (Phi) is 4.23. The largest absolute Gasteiger partial charge is 0.454 e. The molecule has 8 heteroatoms. The molecule has 148 valence electrons. The molecule has 0 radical (unpaired) electrons. The lowest BCUT2D eigenvalue weighted by molar-refractivity contribution is 0.0924. The predicted molar refractivity (Wildman–Crippen MR) is 101 cm³/mol. The second-order valence-electron chi connectivity index (χ2n) is 8.28. The molecule has 0 saturated carbocycles. The van der Waals surface area contributed by atoms with Crippen LogP contribution in [0.1, 0.15) is 35.9 Å². The summed E-state index contributed by atoms with van der Waals surface area (Å²) in [6.45, 7) is 7.97. The van der Waals surface area contributed by atoms with Gasteiger partial charge >= 0.3 is 0 Å². The van der Waals surface area contributed by atoms with Crippen molar-refractivity contribution in [1.82, 2.24) is 25.0 Å². The highest BCUT2D eigenvalue weighted by atomic mass is 16.7. The molecule has 8 nitrogen and oxygen atoms in total. The van der Waals surface area contributed by atoms with Crippen molar-refractivity contribution in [2.24, 2.45) is 11.8 Å². The fourth-order valence-electron chi connectivity index (χ4n) is 4.54. The number of benzene rings is 1. The standard InChI is InChI=1S/C20H25N5O3/c1-12(2)21-20(26)19-23-22-18-6-14-8-24(9-15(14)10-25(18)19)7-13-3-4-16-17(5-13)28-11-27-16/h3-5,12,14-15H,6-11H2,1-2H3,(H,21,26)/t14-,15-/m1/s1. The molecule has 1 amide bonds. The summed E-state index contributed by atoms with van der Waals surface area (Å²) in [4.78, 5) is 14.9. The van der Waals surface area contributed by atoms with Crippen molar-refractivity contribution >= 4 is 5.91 Å². The van der Waals surface area contributed by atoms with E-state index in [2.05, 4.69) is 32.5 Å². The first-order valence-electron chi connectivity index (χ1n) is 9.90. The van der Waals surface area contributed by atoms with E-state index in [-0.39, 0.29) is 11.9 Å². The lowest BCUT2D eigenvalue weighted by Gasteiger charge is -2.25. The topological polar surface area (TPSA) is 81.5 Å². The number of nitrogens with one attached hydrogen (secondary N) is 1. The van der Waals surface area contributed by atoms with Crippen LogP contribution < -0.4 is 14.8 Å². The molecule has 1 aromatic heterocycles. The molecule has 28 heavy (non-hydrogen) atoms. The van der Waals surface area contributed by atoms with Crippen molar-refractivity contribution in [3.8, 4) is 11.5 Å². The normalized spacial score (nSPS) is 23.0. The molecule has 5 rings (SSSR count). The van der Waals surface area contributed by atoms with E-state index in [1.165, 1.54) is 5.56 Å². The van der Waals surface area contributed by atoms with Crippen molar-refractivity contribution in [2.45, 2.75) is 39.4 Å². The van der Waals surface area contributed by atoms with E-state index in [9.17, 15) is 4.79 Å². The number of rotatable bonds is 4. The molecule has 2 aromatic rings. The average Bonchev–Trinajstić information content (AvgIpc) is 3.35. The van der Waals surface area contributed by atoms with Crippen molar-refractivity contribution in [3.63, 3.8) is 0 Å². The van der Waals surface area contributed by atoms with Gasteiger partial charge in [-0.1, -0.05) is 6.07 Å². The van der Waals surface area contributed by atoms with Gasteiger partial charge in [0.1, 0.15) is 5.82 Å². The van der Waals surface area contributed by atoms with Crippen LogP contribution in [0.2, 0.25) is 0 Å². The molecule has 4 heterocycles. The third-order valence-electron chi connectivity index (χ3n) is 5.81. The molecule has 0 spiro atoms. The number of amides is 1. The van der Waals surface area contributed by atoms with Crippen LogP contribution in [0.4, 0.5) is 0 Å². The predicted octanol–water partition coefficient (Wildman–Crippen LogP) is 1.45. The van der Waals surface area contributed by atoms with Crippen LogP contribution >= 0.6 is 0 Å². The van der Waals surface area contributed by atoms with Crippen molar-refractivity contribution in [2.75, 3.05) is 19.9 Å². The van der Waals surface area contributed by atoms with Gasteiger partial charge in [-0.3, -0.25) is 9.69 Å². The molecule has 0 unspecified atom stereocenters. The highest BCUT2D eigenvalue weighted by Gasteiger charge is 2.39. The molecule has 1 N–H and O–H groups in total. The van der Waals surface area contributed by atoms with Gasteiger partial charge in [0, 0.05) is 38.6 Å². The number of aromatic nitrogens is 3. The van der Waals surface area contributed by atoms with Crippen molar-refractivity contribution < 1.29 is 14.3 Å². The number of carbonyl (C=O) groups excluding carboxylic acids is 1. The summed E-state index contributed by atoms with van der Waals surface area (Å²) in [6.07, 6.45) is 0.879. The summed E-state index contributed by atoms with van der Waals surface area (Å²) in [5, 5.41) is 11.4. The quantitative estimate of drug-likeness (QED) is 0.861. The first-order valence-corrected chi connectivity index (χ1v) is 9.90. The van der Waals surface area contributed by atoms with E-state index in [0.717, 1.165) is 49.9 Å². The van der Waals surface area contributed by atoms with Crippen LogP contribution in [0.5, 0.6) is 11.5 Å². The number of nitrogens with zero attached hydrogens (tertiary/aromatic N) is 4. The van der Waals surface area contributed by atoms with Gasteiger partial charge in [0.05, 0.1) is 0 Å². The van der Waals surface area contributed by atoms with Gasteiger partial charge in [0.25, 0.3) is 5.91 Å². The fourth-order valence-corrected chi connectivity index (χ4v) is 4.54. The summed E-state index contributed by atoms with van der Waals surface area (Å²) < 4.78 is 12.9. The average molecular weight is 383 g/mol. The molecule has 0 aliphatic carbocycles. The van der Waals surface area contributed by atoms with Gasteiger partial charge in [0.2, 0.25) is 12.6 Å². The monoisotopic (exact) mass is 383 g/mol. The first-order chi connectivity index (χ1) is 13.6. The second-order valence-corrected chi connectivity index (χ2v) is 8.28. The van der Waals surface area contributed by atoms with Crippen molar-refractivity contribution in [1.29, 1.82) is 0 Å². The third-order valence-corrected chi connectivity index (χ3v) is 5.81. The lowest BCUT2D eigenvalue weighted by atomic mass is 9.89. The van der Waals surface area contributed by atoms with Crippen LogP contribution in [-0.2, 0) is 19.5 Å². The minimum atomic E-state index is -0.137. The van der Waals surface area contributed by atoms with Gasteiger partial charge in [-0.05, 0) is 43.4 Å². The van der Waals surface area contributed by atoms with Crippen LogP contribution in [0.3, 0.4) is 0 Å². The van der Waals surface area contributed by atoms with E-state index in [4.69, 9.17) is 9.47 Å². The molecule has 3 aliphatic heterocycles. The zero-order valence-electron chi connectivity index (χ0n) is 16.2. The molecular formula is C20H25N5O3. The lowest BCUT2D eigenvalue weighted by Crippen LogP contribution is -2.35. The van der Waals surface area contributed by atoms with Crippen LogP contribution in [0, 0.1) is 11.8 Å². The van der Waals surface area contributed by atoms with Gasteiger partial charge in [0.15, 0.2) is 11.5 Å². The van der Waals surface area contributed by atoms with Crippen LogP contribution in [-0.4, -0.2) is 51.5 Å². The Bertz CT molecular complexity index is 909. The maximum Gasteiger partial charge on any atom is 0.289 e.